The number of hydrogen-bond acceptors (Lipinski definition) is 10. The molecule has 0 aliphatic carbocycles. The van der Waals surface area contributed by atoms with E-state index in [2.05, 4.69) is 30.6 Å². The van der Waals surface area contributed by atoms with Crippen LogP contribution in [0.5, 0.6) is 5.75 Å². The van der Waals surface area contributed by atoms with Crippen molar-refractivity contribution >= 4 is 63.2 Å². The molecule has 2 aromatic carbocycles. The number of imidazole rings is 1. The van der Waals surface area contributed by atoms with Crippen molar-refractivity contribution in [2.24, 2.45) is 7.05 Å². The van der Waals surface area contributed by atoms with Gasteiger partial charge in [-0.25, -0.2) is 15.0 Å². The van der Waals surface area contributed by atoms with E-state index in [-0.39, 0.29) is 45.5 Å². The number of nitrogens with zero attached hydrogens (tertiary/aromatic N) is 8. The van der Waals surface area contributed by atoms with Gasteiger partial charge in [-0.15, -0.1) is 0 Å². The van der Waals surface area contributed by atoms with Crippen LogP contribution in [0.3, 0.4) is 0 Å². The van der Waals surface area contributed by atoms with Crippen LogP contribution in [0, 0.1) is 21.4 Å². The van der Waals surface area contributed by atoms with E-state index in [0.29, 0.717) is 57.0 Å². The highest BCUT2D eigenvalue weighted by molar-refractivity contribution is 6.32. The molecule has 0 aliphatic heterocycles. The van der Waals surface area contributed by atoms with E-state index in [4.69, 9.17) is 27.9 Å². The third-order valence-electron chi connectivity index (χ3n) is 7.16. The van der Waals surface area contributed by atoms with Gasteiger partial charge in [0.15, 0.2) is 11.8 Å². The molecule has 3 aromatic heterocycles. The SMILES string of the molecule is Cn1c(C#N)nc([N+](=O)[O-])c1C[N+](C)(C)C/C=C/C(=O)Nc1cc2c(Nc3ccc(OCc4cccc(Cl)c4)c(Cl)c3)ncnc2cn1.[Br-]. The number of nitriles is 1. The van der Waals surface area contributed by atoms with Crippen LogP contribution >= 0.6 is 23.2 Å². The number of fused-ring (bicyclic) bond motifs is 1. The fraction of sp³-hybridized carbons (Fsp3) is 0.188. The average molecular weight is 768 g/mol. The van der Waals surface area contributed by atoms with E-state index in [1.165, 1.54) is 23.2 Å². The molecular weight excluding hydrogens is 739 g/mol. The number of nitrogens with one attached hydrogen (secondary N) is 2. The number of hydrogen-bond donors (Lipinski definition) is 2. The van der Waals surface area contributed by atoms with Gasteiger partial charge in [-0.1, -0.05) is 35.3 Å². The third kappa shape index (κ3) is 9.27. The van der Waals surface area contributed by atoms with Gasteiger partial charge in [0.2, 0.25) is 5.91 Å². The first-order valence-electron chi connectivity index (χ1n) is 14.4. The average Bonchev–Trinajstić information content (AvgIpc) is 3.35. The van der Waals surface area contributed by atoms with Gasteiger partial charge in [-0.2, -0.15) is 5.26 Å². The first kappa shape index (κ1) is 36.7. The Morgan fingerprint density at radius 2 is 1.96 bits per heavy atom. The summed E-state index contributed by atoms with van der Waals surface area (Å²) in [7, 11) is 5.25. The Bertz CT molecular complexity index is 2100. The van der Waals surface area contributed by atoms with Crippen LogP contribution in [-0.2, 0) is 25.0 Å². The first-order valence-corrected chi connectivity index (χ1v) is 15.1. The summed E-state index contributed by atoms with van der Waals surface area (Å²) in [6.07, 6.45) is 5.95. The summed E-state index contributed by atoms with van der Waals surface area (Å²) >= 11 is 12.6. The molecule has 3 heterocycles. The fourth-order valence-electron chi connectivity index (χ4n) is 4.77. The Labute approximate surface area is 301 Å². The van der Waals surface area contributed by atoms with Crippen LogP contribution in [0.15, 0.2) is 73.2 Å². The van der Waals surface area contributed by atoms with Gasteiger partial charge in [-0.3, -0.25) is 9.36 Å². The second kappa shape index (κ2) is 15.8. The largest absolute Gasteiger partial charge is 1.00 e. The standard InChI is InChI=1S/C32H28Cl2N10O4.BrH/c1-42-26(32(43(46)47)41-29(42)15-35)17-44(2,3)11-5-8-30(45)40-28-14-23-25(16-36-28)37-19-38-31(23)39-22-9-10-27(24(34)13-22)48-18-20-6-4-7-21(33)12-20;/h4-10,12-14,16,19H,11,17-18H2,1-3H3,(H-,36,37,38,39,40,45);1H/b8-5+;. The van der Waals surface area contributed by atoms with E-state index < -0.39 is 10.8 Å². The van der Waals surface area contributed by atoms with Crippen molar-refractivity contribution in [3.63, 3.8) is 0 Å². The molecule has 0 saturated heterocycles. The lowest BCUT2D eigenvalue weighted by Gasteiger charge is -2.28. The molecular formula is C32H29BrCl2N10O4. The van der Waals surface area contributed by atoms with Crippen molar-refractivity contribution in [1.29, 1.82) is 5.26 Å². The molecule has 0 aliphatic rings. The highest BCUT2D eigenvalue weighted by Gasteiger charge is 2.30. The van der Waals surface area contributed by atoms with Crippen LogP contribution in [0.1, 0.15) is 17.1 Å². The number of carbonyl (C=O) groups is 1. The predicted octanol–water partition coefficient (Wildman–Crippen LogP) is 2.94. The number of benzene rings is 2. The summed E-state index contributed by atoms with van der Waals surface area (Å²) in [6.45, 7) is 0.870. The minimum absolute atomic E-state index is 0. The van der Waals surface area contributed by atoms with E-state index >= 15 is 0 Å². The molecule has 1 amide bonds. The molecule has 252 valence electrons. The second-order valence-electron chi connectivity index (χ2n) is 11.3. The molecule has 2 N–H and O–H groups in total. The third-order valence-corrected chi connectivity index (χ3v) is 7.69. The molecule has 14 nitrogen and oxygen atoms in total. The Morgan fingerprint density at radius 1 is 1.16 bits per heavy atom. The number of ether oxygens (including phenoxy) is 1. The van der Waals surface area contributed by atoms with Crippen LogP contribution in [0.2, 0.25) is 10.0 Å². The molecule has 0 saturated carbocycles. The summed E-state index contributed by atoms with van der Waals surface area (Å²) in [5, 5.41) is 28.3. The number of anilines is 3. The zero-order valence-corrected chi connectivity index (χ0v) is 29.5. The molecule has 5 aromatic rings. The molecule has 5 rings (SSSR count). The Kier molecular flexibility index (Phi) is 11.9. The van der Waals surface area contributed by atoms with Crippen molar-refractivity contribution in [2.75, 3.05) is 31.3 Å². The van der Waals surface area contributed by atoms with Crippen molar-refractivity contribution in [3.05, 3.63) is 110 Å². The number of pyridine rings is 1. The molecule has 17 heteroatoms. The topological polar surface area (TPSA) is 174 Å². The molecule has 0 fully saturated rings. The zero-order chi connectivity index (χ0) is 34.4. The maximum Gasteiger partial charge on any atom is 0.392 e. The highest BCUT2D eigenvalue weighted by atomic mass is 79.9. The van der Waals surface area contributed by atoms with Crippen LogP contribution in [0.25, 0.3) is 10.9 Å². The number of amides is 1. The number of aromatic nitrogens is 5. The van der Waals surface area contributed by atoms with Gasteiger partial charge < -0.3 is 46.9 Å². The quantitative estimate of drug-likeness (QED) is 0.0832. The number of likely N-dealkylation sites (N-methyl/N-ethyl adjacent to an activating group) is 1. The summed E-state index contributed by atoms with van der Waals surface area (Å²) < 4.78 is 7.53. The molecule has 0 bridgehead atoms. The Morgan fingerprint density at radius 3 is 2.67 bits per heavy atom. The zero-order valence-electron chi connectivity index (χ0n) is 26.4. The lowest BCUT2D eigenvalue weighted by atomic mass is 10.2. The van der Waals surface area contributed by atoms with Crippen LogP contribution in [-0.4, -0.2) is 60.5 Å². The minimum atomic E-state index is -0.604. The van der Waals surface area contributed by atoms with Crippen LogP contribution < -0.4 is 32.4 Å². The molecule has 0 radical (unpaired) electrons. The van der Waals surface area contributed by atoms with Gasteiger partial charge in [0.1, 0.15) is 36.9 Å². The van der Waals surface area contributed by atoms with Gasteiger partial charge in [0.05, 0.1) is 37.4 Å². The fourth-order valence-corrected chi connectivity index (χ4v) is 5.22. The normalized spacial score (nSPS) is 11.2. The van der Waals surface area contributed by atoms with Gasteiger partial charge in [0.25, 0.3) is 0 Å². The number of nitro groups is 1. The summed E-state index contributed by atoms with van der Waals surface area (Å²) in [4.78, 5) is 40.4. The van der Waals surface area contributed by atoms with E-state index in [9.17, 15) is 20.2 Å². The molecule has 0 spiro atoms. The molecule has 0 unspecified atom stereocenters. The number of rotatable bonds is 12. The van der Waals surface area contributed by atoms with Crippen LogP contribution in [0.4, 0.5) is 23.1 Å². The predicted molar refractivity (Wildman–Crippen MR) is 181 cm³/mol. The number of quaternary nitrogens is 1. The van der Waals surface area contributed by atoms with Crippen molar-refractivity contribution in [1.82, 2.24) is 24.5 Å². The Balaban J connectivity index is 0.00000541. The monoisotopic (exact) mass is 766 g/mol. The van der Waals surface area contributed by atoms with E-state index in [1.807, 2.05) is 38.4 Å². The second-order valence-corrected chi connectivity index (χ2v) is 12.1. The summed E-state index contributed by atoms with van der Waals surface area (Å²) in [6, 6.07) is 16.2. The smallest absolute Gasteiger partial charge is 0.392 e. The maximum absolute atomic E-state index is 12.8. The lowest BCUT2D eigenvalue weighted by Crippen LogP contribution is -3.00. The number of halogens is 3. The summed E-state index contributed by atoms with van der Waals surface area (Å²) in [5.41, 5.74) is 2.43. The molecule has 0 atom stereocenters. The van der Waals surface area contributed by atoms with Crippen molar-refractivity contribution < 1.29 is 35.9 Å². The number of carbonyl (C=O) groups excluding carboxylic acids is 1. The lowest BCUT2D eigenvalue weighted by molar-refractivity contribution is -0.898. The molecule has 49 heavy (non-hydrogen) atoms. The van der Waals surface area contributed by atoms with Crippen molar-refractivity contribution in [3.8, 4) is 11.8 Å². The highest BCUT2D eigenvalue weighted by Crippen LogP contribution is 2.31. The van der Waals surface area contributed by atoms with Gasteiger partial charge in [0, 0.05) is 29.2 Å². The van der Waals surface area contributed by atoms with Gasteiger partial charge >= 0.3 is 11.6 Å². The van der Waals surface area contributed by atoms with Gasteiger partial charge in [-0.05, 0) is 57.9 Å². The van der Waals surface area contributed by atoms with E-state index in [1.54, 1.807) is 43.5 Å². The minimum Gasteiger partial charge on any atom is -1.00 e. The first-order chi connectivity index (χ1) is 22.9. The summed E-state index contributed by atoms with van der Waals surface area (Å²) in [5.74, 6) is 0.426. The van der Waals surface area contributed by atoms with E-state index in [0.717, 1.165) is 5.56 Å². The van der Waals surface area contributed by atoms with Crippen molar-refractivity contribution in [2.45, 2.75) is 13.2 Å². The Hall–Kier alpha value is -5.14. The maximum atomic E-state index is 12.8.